The van der Waals surface area contributed by atoms with Gasteiger partial charge < -0.3 is 9.67 Å². The molecule has 0 aliphatic heterocycles. The second-order valence-corrected chi connectivity index (χ2v) is 2.39. The summed E-state index contributed by atoms with van der Waals surface area (Å²) in [5, 5.41) is 9.35. The molecule has 0 aliphatic rings. The van der Waals surface area contributed by atoms with E-state index in [0.717, 1.165) is 0 Å². The molecule has 1 aromatic heterocycles. The highest BCUT2D eigenvalue weighted by Crippen LogP contribution is 2.08. The van der Waals surface area contributed by atoms with Crippen LogP contribution >= 0.6 is 17.0 Å². The van der Waals surface area contributed by atoms with Gasteiger partial charge in [-0.25, -0.2) is 4.98 Å². The molecule has 0 aromatic carbocycles. The topological polar surface area (TPSA) is 38.0 Å². The van der Waals surface area contributed by atoms with Crippen LogP contribution in [0.25, 0.3) is 5.70 Å². The molecule has 0 radical (unpaired) electrons. The number of rotatable bonds is 3. The molecule has 3 nitrogen and oxygen atoms in total. The van der Waals surface area contributed by atoms with Gasteiger partial charge in [0.05, 0.1) is 12.4 Å². The van der Waals surface area contributed by atoms with Crippen molar-refractivity contribution < 1.29 is 5.11 Å². The maximum atomic E-state index is 9.35. The molecule has 1 heterocycles. The van der Waals surface area contributed by atoms with Crippen molar-refractivity contribution in [3.63, 3.8) is 0 Å². The van der Waals surface area contributed by atoms with Crippen LogP contribution in [0.1, 0.15) is 13.3 Å². The zero-order valence-electron chi connectivity index (χ0n) is 6.97. The molecular weight excluding hydrogens is 220 g/mol. The first-order chi connectivity index (χ1) is 5.25. The Morgan fingerprint density at radius 2 is 2.42 bits per heavy atom. The summed E-state index contributed by atoms with van der Waals surface area (Å²) in [4.78, 5) is 3.85. The number of halogens is 1. The Bertz CT molecular complexity index is 233. The van der Waals surface area contributed by atoms with Crippen LogP contribution in [0.15, 0.2) is 25.3 Å². The third-order valence-electron chi connectivity index (χ3n) is 1.61. The SMILES string of the molecule is Br.C=C(C(O)CC)n1ccnc1. The zero-order chi connectivity index (χ0) is 8.27. The Kier molecular flexibility index (Phi) is 4.85. The molecule has 1 N–H and O–H groups in total. The highest BCUT2D eigenvalue weighted by molar-refractivity contribution is 8.93. The minimum absolute atomic E-state index is 0. The maximum absolute atomic E-state index is 9.35. The Morgan fingerprint density at radius 3 is 2.83 bits per heavy atom. The van der Waals surface area contributed by atoms with Crippen molar-refractivity contribution in [2.45, 2.75) is 19.4 Å². The van der Waals surface area contributed by atoms with E-state index in [-0.39, 0.29) is 17.0 Å². The summed E-state index contributed by atoms with van der Waals surface area (Å²) in [6.07, 6.45) is 5.26. The number of aromatic nitrogens is 2. The second-order valence-electron chi connectivity index (χ2n) is 2.39. The van der Waals surface area contributed by atoms with Crippen LogP contribution in [0.4, 0.5) is 0 Å². The van der Waals surface area contributed by atoms with Crippen LogP contribution in [-0.4, -0.2) is 20.8 Å². The standard InChI is InChI=1S/C8H12N2O.BrH/c1-3-8(11)7(2)10-5-4-9-6-10;/h4-6,8,11H,2-3H2,1H3;1H. The summed E-state index contributed by atoms with van der Waals surface area (Å²) in [6.45, 7) is 5.65. The molecule has 1 unspecified atom stereocenters. The number of aliphatic hydroxyl groups is 1. The summed E-state index contributed by atoms with van der Waals surface area (Å²) < 4.78 is 1.72. The van der Waals surface area contributed by atoms with Crippen molar-refractivity contribution in [1.29, 1.82) is 0 Å². The minimum Gasteiger partial charge on any atom is -0.387 e. The maximum Gasteiger partial charge on any atom is 0.0989 e. The van der Waals surface area contributed by atoms with E-state index in [4.69, 9.17) is 0 Å². The van der Waals surface area contributed by atoms with Crippen molar-refractivity contribution in [3.8, 4) is 0 Å². The zero-order valence-corrected chi connectivity index (χ0v) is 8.69. The molecule has 0 saturated heterocycles. The lowest BCUT2D eigenvalue weighted by Gasteiger charge is -2.11. The molecule has 12 heavy (non-hydrogen) atoms. The summed E-state index contributed by atoms with van der Waals surface area (Å²) in [6, 6.07) is 0. The lowest BCUT2D eigenvalue weighted by molar-refractivity contribution is 0.222. The largest absolute Gasteiger partial charge is 0.387 e. The third kappa shape index (κ3) is 2.46. The van der Waals surface area contributed by atoms with Crippen LogP contribution in [0.2, 0.25) is 0 Å². The molecule has 68 valence electrons. The number of aliphatic hydroxyl groups excluding tert-OH is 1. The number of hydrogen-bond acceptors (Lipinski definition) is 2. The van der Waals surface area contributed by atoms with Crippen LogP contribution in [-0.2, 0) is 0 Å². The van der Waals surface area contributed by atoms with Crippen LogP contribution in [0.5, 0.6) is 0 Å². The Hall–Kier alpha value is -0.610. The van der Waals surface area contributed by atoms with Crippen molar-refractivity contribution in [2.24, 2.45) is 0 Å². The number of imidazole rings is 1. The van der Waals surface area contributed by atoms with Gasteiger partial charge in [0.1, 0.15) is 0 Å². The van der Waals surface area contributed by atoms with E-state index >= 15 is 0 Å². The second kappa shape index (κ2) is 5.11. The van der Waals surface area contributed by atoms with Crippen molar-refractivity contribution in [2.75, 3.05) is 0 Å². The van der Waals surface area contributed by atoms with Crippen LogP contribution in [0, 0.1) is 0 Å². The number of hydrogen-bond donors (Lipinski definition) is 1. The molecule has 0 saturated carbocycles. The highest BCUT2D eigenvalue weighted by atomic mass is 79.9. The minimum atomic E-state index is -0.468. The predicted octanol–water partition coefficient (Wildman–Crippen LogP) is 1.70. The van der Waals surface area contributed by atoms with E-state index in [0.29, 0.717) is 12.1 Å². The molecule has 0 aliphatic carbocycles. The average Bonchev–Trinajstić information content (AvgIpc) is 2.53. The van der Waals surface area contributed by atoms with Gasteiger partial charge in [-0.05, 0) is 6.42 Å². The van der Waals surface area contributed by atoms with Crippen molar-refractivity contribution in [1.82, 2.24) is 9.55 Å². The summed E-state index contributed by atoms with van der Waals surface area (Å²) in [5.74, 6) is 0. The van der Waals surface area contributed by atoms with E-state index in [1.54, 1.807) is 23.3 Å². The molecule has 1 rings (SSSR count). The Balaban J connectivity index is 0.00000121. The first-order valence-electron chi connectivity index (χ1n) is 3.61. The van der Waals surface area contributed by atoms with Gasteiger partial charge in [0, 0.05) is 18.1 Å². The molecule has 4 heteroatoms. The quantitative estimate of drug-likeness (QED) is 0.862. The van der Waals surface area contributed by atoms with E-state index in [1.165, 1.54) is 0 Å². The molecule has 1 aromatic rings. The van der Waals surface area contributed by atoms with Gasteiger partial charge >= 0.3 is 0 Å². The molecular formula is C8H13BrN2O. The lowest BCUT2D eigenvalue weighted by atomic mass is 10.2. The monoisotopic (exact) mass is 232 g/mol. The fraction of sp³-hybridized carbons (Fsp3) is 0.375. The smallest absolute Gasteiger partial charge is 0.0989 e. The van der Waals surface area contributed by atoms with Crippen molar-refractivity contribution in [3.05, 3.63) is 25.3 Å². The Labute approximate surface area is 82.5 Å². The van der Waals surface area contributed by atoms with E-state index in [1.807, 2.05) is 6.92 Å². The molecule has 0 spiro atoms. The molecule has 0 fully saturated rings. The van der Waals surface area contributed by atoms with Crippen molar-refractivity contribution >= 4 is 22.7 Å². The Morgan fingerprint density at radius 1 is 1.75 bits per heavy atom. The fourth-order valence-corrected chi connectivity index (χ4v) is 0.837. The van der Waals surface area contributed by atoms with Crippen LogP contribution in [0.3, 0.4) is 0 Å². The van der Waals surface area contributed by atoms with E-state index < -0.39 is 6.10 Å². The van der Waals surface area contributed by atoms with E-state index in [9.17, 15) is 5.11 Å². The van der Waals surface area contributed by atoms with Gasteiger partial charge in [0.25, 0.3) is 0 Å². The highest BCUT2D eigenvalue weighted by Gasteiger charge is 2.06. The van der Waals surface area contributed by atoms with Gasteiger partial charge in [-0.1, -0.05) is 13.5 Å². The van der Waals surface area contributed by atoms with Gasteiger partial charge in [-0.3, -0.25) is 0 Å². The lowest BCUT2D eigenvalue weighted by Crippen LogP contribution is -2.10. The molecule has 0 bridgehead atoms. The van der Waals surface area contributed by atoms with Gasteiger partial charge in [-0.2, -0.15) is 0 Å². The van der Waals surface area contributed by atoms with Crippen LogP contribution < -0.4 is 0 Å². The first-order valence-corrected chi connectivity index (χ1v) is 3.61. The predicted molar refractivity (Wildman–Crippen MR) is 54.2 cm³/mol. The normalized spacial score (nSPS) is 11.8. The fourth-order valence-electron chi connectivity index (χ4n) is 0.837. The third-order valence-corrected chi connectivity index (χ3v) is 1.61. The van der Waals surface area contributed by atoms with E-state index in [2.05, 4.69) is 11.6 Å². The first kappa shape index (κ1) is 11.4. The summed E-state index contributed by atoms with van der Waals surface area (Å²) in [5.41, 5.74) is 0.671. The molecule has 0 amide bonds. The average molecular weight is 233 g/mol. The summed E-state index contributed by atoms with van der Waals surface area (Å²) >= 11 is 0. The van der Waals surface area contributed by atoms with Gasteiger partial charge in [-0.15, -0.1) is 17.0 Å². The molecule has 1 atom stereocenters. The summed E-state index contributed by atoms with van der Waals surface area (Å²) in [7, 11) is 0. The van der Waals surface area contributed by atoms with Gasteiger partial charge in [0.2, 0.25) is 0 Å². The van der Waals surface area contributed by atoms with Gasteiger partial charge in [0.15, 0.2) is 0 Å². The number of nitrogens with zero attached hydrogens (tertiary/aromatic N) is 2.